The summed E-state index contributed by atoms with van der Waals surface area (Å²) < 4.78 is 3.73. The van der Waals surface area contributed by atoms with Crippen molar-refractivity contribution in [1.82, 2.24) is 4.90 Å². The van der Waals surface area contributed by atoms with Crippen LogP contribution in [0, 0.1) is 0 Å². The van der Waals surface area contributed by atoms with Gasteiger partial charge in [-0.1, -0.05) is 71.4 Å². The zero-order valence-electron chi connectivity index (χ0n) is 18.8. The minimum absolute atomic E-state index is 0. The molecular weight excluding hydrogens is 638 g/mol. The van der Waals surface area contributed by atoms with Crippen LogP contribution in [0.25, 0.3) is 0 Å². The zero-order valence-corrected chi connectivity index (χ0v) is 25.2. The minimum atomic E-state index is -0.587. The molecule has 176 valence electrons. The molecule has 1 N–H and O–H groups in total. The van der Waals surface area contributed by atoms with Crippen LogP contribution in [-0.2, 0) is 14.3 Å². The Bertz CT molecular complexity index is 410. The Labute approximate surface area is 213 Å². The Morgan fingerprint density at radius 1 is 0.966 bits per heavy atom. The summed E-state index contributed by atoms with van der Waals surface area (Å²) in [4.78, 5) is 23.6. The number of hydrogen-bond acceptors (Lipinski definition) is 5. The molecule has 0 atom stereocenters. The fourth-order valence-corrected chi connectivity index (χ4v) is 1.09. The van der Waals surface area contributed by atoms with E-state index in [0.717, 1.165) is 0 Å². The second-order valence-corrected chi connectivity index (χ2v) is 10.9. The van der Waals surface area contributed by atoms with Gasteiger partial charge in [0.1, 0.15) is 10.9 Å². The molecule has 29 heavy (non-hydrogen) atoms. The number of aliphatic hydroxyl groups excluding tert-OH is 1. The second kappa shape index (κ2) is 24.7. The summed E-state index contributed by atoms with van der Waals surface area (Å²) in [6.45, 7) is 24.2. The molecule has 0 aliphatic carbocycles. The molecular formula is C20H39Br4NO4. The van der Waals surface area contributed by atoms with Gasteiger partial charge in [-0.05, 0) is 63.3 Å². The van der Waals surface area contributed by atoms with E-state index >= 15 is 0 Å². The monoisotopic (exact) mass is 673 g/mol. The number of carbonyl (C=O) groups is 2. The maximum Gasteiger partial charge on any atom is 0.322 e. The SMILES string of the molecule is Br.C=CCO.C=CCOC(=O)C(C)(C)Br.CC(C)(Br)C(=O)Br.CCN(CC)CC. The predicted octanol–water partition coefficient (Wildman–Crippen LogP) is 6.06. The van der Waals surface area contributed by atoms with Gasteiger partial charge < -0.3 is 14.7 Å². The third-order valence-electron chi connectivity index (χ3n) is 2.76. The van der Waals surface area contributed by atoms with Crippen LogP contribution >= 0.6 is 64.8 Å². The third kappa shape index (κ3) is 36.2. The van der Waals surface area contributed by atoms with Gasteiger partial charge in [0, 0.05) is 0 Å². The van der Waals surface area contributed by atoms with Gasteiger partial charge in [0.2, 0.25) is 4.69 Å². The fraction of sp³-hybridized carbons (Fsp3) is 0.700. The van der Waals surface area contributed by atoms with Crippen molar-refractivity contribution in [3.63, 3.8) is 0 Å². The first-order chi connectivity index (χ1) is 12.7. The molecule has 0 spiro atoms. The van der Waals surface area contributed by atoms with Gasteiger partial charge in [-0.25, -0.2) is 0 Å². The van der Waals surface area contributed by atoms with Crippen molar-refractivity contribution in [3.8, 4) is 0 Å². The Morgan fingerprint density at radius 2 is 1.28 bits per heavy atom. The van der Waals surface area contributed by atoms with Crippen LogP contribution in [0.4, 0.5) is 0 Å². The highest BCUT2D eigenvalue weighted by Gasteiger charge is 2.24. The first-order valence-electron chi connectivity index (χ1n) is 8.99. The van der Waals surface area contributed by atoms with E-state index in [9.17, 15) is 9.59 Å². The van der Waals surface area contributed by atoms with Crippen LogP contribution in [0.3, 0.4) is 0 Å². The molecule has 0 aliphatic rings. The molecule has 0 bridgehead atoms. The van der Waals surface area contributed by atoms with Gasteiger partial charge in [0.15, 0.2) is 0 Å². The molecule has 0 amide bonds. The van der Waals surface area contributed by atoms with Crippen molar-refractivity contribution in [2.75, 3.05) is 32.8 Å². The highest BCUT2D eigenvalue weighted by Crippen LogP contribution is 2.19. The Balaban J connectivity index is -0.0000000911. The van der Waals surface area contributed by atoms with E-state index in [4.69, 9.17) is 9.84 Å². The van der Waals surface area contributed by atoms with E-state index in [2.05, 4.69) is 86.6 Å². The molecule has 0 aromatic heterocycles. The summed E-state index contributed by atoms with van der Waals surface area (Å²) in [6, 6.07) is 0. The van der Waals surface area contributed by atoms with Crippen LogP contribution in [0.15, 0.2) is 25.3 Å². The van der Waals surface area contributed by atoms with Crippen LogP contribution in [0.1, 0.15) is 48.5 Å². The molecule has 0 heterocycles. The number of ether oxygens (including phenoxy) is 1. The van der Waals surface area contributed by atoms with E-state index in [1.54, 1.807) is 27.7 Å². The molecule has 9 heteroatoms. The number of rotatable bonds is 8. The molecule has 0 saturated carbocycles. The number of aliphatic hydroxyl groups is 1. The van der Waals surface area contributed by atoms with E-state index in [1.807, 2.05) is 0 Å². The molecule has 0 radical (unpaired) electrons. The first kappa shape index (κ1) is 39.9. The number of hydrogen-bond donors (Lipinski definition) is 1. The first-order valence-corrected chi connectivity index (χ1v) is 11.4. The lowest BCUT2D eigenvalue weighted by atomic mass is 10.2. The van der Waals surface area contributed by atoms with Crippen molar-refractivity contribution in [2.24, 2.45) is 0 Å². The molecule has 0 aliphatic heterocycles. The van der Waals surface area contributed by atoms with Gasteiger partial charge >= 0.3 is 5.97 Å². The van der Waals surface area contributed by atoms with Crippen molar-refractivity contribution in [1.29, 1.82) is 0 Å². The summed E-state index contributed by atoms with van der Waals surface area (Å²) in [5, 5.41) is 7.76. The average molecular weight is 677 g/mol. The summed E-state index contributed by atoms with van der Waals surface area (Å²) in [6.07, 6.45) is 2.97. The van der Waals surface area contributed by atoms with Crippen LogP contribution in [-0.4, -0.2) is 62.2 Å². The maximum absolute atomic E-state index is 10.9. The zero-order chi connectivity index (χ0) is 23.4. The summed E-state index contributed by atoms with van der Waals surface area (Å²) in [7, 11) is 0. The lowest BCUT2D eigenvalue weighted by molar-refractivity contribution is -0.144. The second-order valence-electron chi connectivity index (χ2n) is 6.20. The molecule has 5 nitrogen and oxygen atoms in total. The lowest BCUT2D eigenvalue weighted by Gasteiger charge is -2.13. The molecule has 0 aromatic carbocycles. The molecule has 0 aromatic rings. The van der Waals surface area contributed by atoms with E-state index in [-0.39, 0.29) is 40.9 Å². The normalized spacial score (nSPS) is 9.79. The topological polar surface area (TPSA) is 66.8 Å². The molecule has 0 unspecified atom stereocenters. The largest absolute Gasteiger partial charge is 0.460 e. The van der Waals surface area contributed by atoms with Crippen LogP contribution < -0.4 is 0 Å². The van der Waals surface area contributed by atoms with Gasteiger partial charge in [-0.2, -0.15) is 0 Å². The van der Waals surface area contributed by atoms with Crippen molar-refractivity contribution >= 4 is 75.4 Å². The van der Waals surface area contributed by atoms with Gasteiger partial charge in [0.25, 0.3) is 0 Å². The minimum Gasteiger partial charge on any atom is -0.460 e. The summed E-state index contributed by atoms with van der Waals surface area (Å²) in [5.41, 5.74) is 0. The highest BCUT2D eigenvalue weighted by atomic mass is 79.9. The third-order valence-corrected chi connectivity index (χ3v) is 4.96. The lowest BCUT2D eigenvalue weighted by Crippen LogP contribution is -2.26. The molecule has 0 saturated heterocycles. The number of nitrogens with zero attached hydrogens (tertiary/aromatic N) is 1. The maximum atomic E-state index is 10.9. The van der Waals surface area contributed by atoms with Crippen LogP contribution in [0.2, 0.25) is 0 Å². The smallest absolute Gasteiger partial charge is 0.322 e. The predicted molar refractivity (Wildman–Crippen MR) is 142 cm³/mol. The van der Waals surface area contributed by atoms with Gasteiger partial charge in [0.05, 0.1) is 10.9 Å². The molecule has 0 fully saturated rings. The summed E-state index contributed by atoms with van der Waals surface area (Å²) in [5.74, 6) is -0.271. The van der Waals surface area contributed by atoms with E-state index in [1.165, 1.54) is 31.8 Å². The number of alkyl halides is 2. The average Bonchev–Trinajstić information content (AvgIpc) is 2.60. The number of esters is 1. The van der Waals surface area contributed by atoms with Gasteiger partial charge in [-0.15, -0.1) is 23.6 Å². The Kier molecular flexibility index (Phi) is 34.0. The Hall–Kier alpha value is 0.460. The van der Waals surface area contributed by atoms with E-state index < -0.39 is 8.65 Å². The van der Waals surface area contributed by atoms with Crippen molar-refractivity contribution in [2.45, 2.75) is 57.1 Å². The number of carbonyl (C=O) groups excluding carboxylic acids is 2. The Morgan fingerprint density at radius 3 is 1.38 bits per heavy atom. The van der Waals surface area contributed by atoms with Crippen molar-refractivity contribution in [3.05, 3.63) is 25.3 Å². The standard InChI is InChI=1S/C7H11BrO2.C6H15N.C4H6Br2O.C3H6O.BrH/c1-4-5-10-6(9)7(2,3)8;1-4-7(5-2)6-3;1-4(2,6)3(5)7;1-2-3-4;/h4H,1,5H2,2-3H3;4-6H2,1-3H3;1-2H3;2,4H,1,3H2;1H. The highest BCUT2D eigenvalue weighted by molar-refractivity contribution is 9.20. The quantitative estimate of drug-likeness (QED) is 0.147. The van der Waals surface area contributed by atoms with Gasteiger partial charge in [-0.3, -0.25) is 9.59 Å². The van der Waals surface area contributed by atoms with Crippen molar-refractivity contribution < 1.29 is 19.4 Å². The number of halogens is 4. The van der Waals surface area contributed by atoms with E-state index in [0.29, 0.717) is 0 Å². The molecule has 0 rings (SSSR count). The van der Waals surface area contributed by atoms with Crippen LogP contribution in [0.5, 0.6) is 0 Å². The fourth-order valence-electron chi connectivity index (χ4n) is 0.977. The summed E-state index contributed by atoms with van der Waals surface area (Å²) >= 11 is 9.12.